The van der Waals surface area contributed by atoms with E-state index in [0.717, 1.165) is 19.5 Å². The van der Waals surface area contributed by atoms with Crippen LogP contribution < -0.4 is 10.6 Å². The van der Waals surface area contributed by atoms with Crippen molar-refractivity contribution in [2.24, 2.45) is 11.7 Å². The molecule has 0 fully saturated rings. The lowest BCUT2D eigenvalue weighted by Gasteiger charge is -2.28. The number of unbranched alkanes of at least 4 members (excludes halogenated alkanes) is 1. The molecule has 0 saturated heterocycles. The Hall–Kier alpha value is -1.02. The monoisotopic (exact) mass is 248 g/mol. The van der Waals surface area contributed by atoms with Gasteiger partial charge >= 0.3 is 0 Å². The molecular weight excluding hydrogens is 220 g/mol. The number of nitrogens with zero attached hydrogens (tertiary/aromatic N) is 1. The normalized spacial score (nSPS) is 12.7. The quantitative estimate of drug-likeness (QED) is 0.760. The summed E-state index contributed by atoms with van der Waals surface area (Å²) in [6.45, 7) is 8.77. The molecule has 2 nitrogen and oxygen atoms in total. The molecule has 0 aromatic heterocycles. The van der Waals surface area contributed by atoms with Crippen LogP contribution in [0.25, 0.3) is 0 Å². The molecule has 18 heavy (non-hydrogen) atoms. The zero-order valence-corrected chi connectivity index (χ0v) is 12.1. The second-order valence-corrected chi connectivity index (χ2v) is 5.52. The third-order valence-corrected chi connectivity index (χ3v) is 3.13. The maximum absolute atomic E-state index is 6.24. The lowest BCUT2D eigenvalue weighted by molar-refractivity contribution is 0.487. The summed E-state index contributed by atoms with van der Waals surface area (Å²) in [5, 5.41) is 0. The molecule has 0 aliphatic heterocycles. The Kier molecular flexibility index (Phi) is 6.81. The van der Waals surface area contributed by atoms with Gasteiger partial charge in [-0.2, -0.15) is 0 Å². The SMILES string of the molecule is CCCCN(CC(N)CC(C)C)c1ccccc1. The van der Waals surface area contributed by atoms with E-state index in [1.165, 1.54) is 18.5 Å². The molecule has 102 valence electrons. The summed E-state index contributed by atoms with van der Waals surface area (Å²) >= 11 is 0. The van der Waals surface area contributed by atoms with E-state index in [4.69, 9.17) is 5.73 Å². The van der Waals surface area contributed by atoms with Crippen LogP contribution in [0.3, 0.4) is 0 Å². The molecule has 1 unspecified atom stereocenters. The van der Waals surface area contributed by atoms with Crippen LogP contribution in [0.5, 0.6) is 0 Å². The minimum absolute atomic E-state index is 0.266. The molecule has 0 bridgehead atoms. The largest absolute Gasteiger partial charge is 0.370 e. The summed E-state index contributed by atoms with van der Waals surface area (Å²) in [7, 11) is 0. The third-order valence-electron chi connectivity index (χ3n) is 3.13. The van der Waals surface area contributed by atoms with Gasteiger partial charge in [0.05, 0.1) is 0 Å². The first-order valence-electron chi connectivity index (χ1n) is 7.19. The molecule has 0 radical (unpaired) electrons. The van der Waals surface area contributed by atoms with Gasteiger partial charge in [-0.25, -0.2) is 0 Å². The topological polar surface area (TPSA) is 29.3 Å². The van der Waals surface area contributed by atoms with Gasteiger partial charge in [-0.15, -0.1) is 0 Å². The van der Waals surface area contributed by atoms with Crippen LogP contribution in [0.15, 0.2) is 30.3 Å². The summed E-state index contributed by atoms with van der Waals surface area (Å²) in [5.41, 5.74) is 7.54. The Morgan fingerprint density at radius 3 is 2.39 bits per heavy atom. The van der Waals surface area contributed by atoms with Crippen molar-refractivity contribution < 1.29 is 0 Å². The van der Waals surface area contributed by atoms with E-state index in [9.17, 15) is 0 Å². The highest BCUT2D eigenvalue weighted by Crippen LogP contribution is 2.15. The fraction of sp³-hybridized carbons (Fsp3) is 0.625. The van der Waals surface area contributed by atoms with Crippen molar-refractivity contribution in [3.05, 3.63) is 30.3 Å². The fourth-order valence-electron chi connectivity index (χ4n) is 2.28. The average Bonchev–Trinajstić information content (AvgIpc) is 2.34. The summed E-state index contributed by atoms with van der Waals surface area (Å²) in [4.78, 5) is 2.43. The van der Waals surface area contributed by atoms with Crippen LogP contribution in [-0.2, 0) is 0 Å². The van der Waals surface area contributed by atoms with Crippen LogP contribution >= 0.6 is 0 Å². The molecule has 2 N–H and O–H groups in total. The molecule has 0 amide bonds. The van der Waals surface area contributed by atoms with E-state index in [1.54, 1.807) is 0 Å². The first kappa shape index (κ1) is 15.0. The highest BCUT2D eigenvalue weighted by atomic mass is 15.1. The lowest BCUT2D eigenvalue weighted by atomic mass is 10.0. The zero-order valence-electron chi connectivity index (χ0n) is 12.1. The molecule has 0 saturated carbocycles. The van der Waals surface area contributed by atoms with Gasteiger partial charge in [0.1, 0.15) is 0 Å². The van der Waals surface area contributed by atoms with Gasteiger partial charge in [0.15, 0.2) is 0 Å². The van der Waals surface area contributed by atoms with Crippen molar-refractivity contribution in [1.82, 2.24) is 0 Å². The second-order valence-electron chi connectivity index (χ2n) is 5.52. The van der Waals surface area contributed by atoms with E-state index in [-0.39, 0.29) is 6.04 Å². The number of rotatable bonds is 8. The van der Waals surface area contributed by atoms with Crippen LogP contribution in [0.4, 0.5) is 5.69 Å². The maximum atomic E-state index is 6.24. The highest BCUT2D eigenvalue weighted by Gasteiger charge is 2.12. The molecule has 1 aromatic carbocycles. The zero-order chi connectivity index (χ0) is 13.4. The van der Waals surface area contributed by atoms with Crippen LogP contribution in [-0.4, -0.2) is 19.1 Å². The van der Waals surface area contributed by atoms with Crippen molar-refractivity contribution in [1.29, 1.82) is 0 Å². The predicted octanol–water partition coefficient (Wildman–Crippen LogP) is 3.67. The van der Waals surface area contributed by atoms with Crippen LogP contribution in [0.1, 0.15) is 40.0 Å². The Labute approximate surface area is 112 Å². The maximum Gasteiger partial charge on any atom is 0.0366 e. The van der Waals surface area contributed by atoms with Crippen molar-refractivity contribution in [3.8, 4) is 0 Å². The summed E-state index contributed by atoms with van der Waals surface area (Å²) in [5.74, 6) is 0.670. The number of nitrogens with two attached hydrogens (primary N) is 1. The number of anilines is 1. The van der Waals surface area contributed by atoms with E-state index in [2.05, 4.69) is 56.0 Å². The molecular formula is C16H28N2. The van der Waals surface area contributed by atoms with Crippen molar-refractivity contribution in [2.75, 3.05) is 18.0 Å². The fourth-order valence-corrected chi connectivity index (χ4v) is 2.28. The number of para-hydroxylation sites is 1. The first-order valence-corrected chi connectivity index (χ1v) is 7.19. The van der Waals surface area contributed by atoms with Gasteiger partial charge in [0, 0.05) is 24.8 Å². The average molecular weight is 248 g/mol. The Balaban J connectivity index is 2.61. The third kappa shape index (κ3) is 5.54. The van der Waals surface area contributed by atoms with Crippen molar-refractivity contribution in [3.63, 3.8) is 0 Å². The highest BCUT2D eigenvalue weighted by molar-refractivity contribution is 5.46. The van der Waals surface area contributed by atoms with Gasteiger partial charge in [-0.1, -0.05) is 45.4 Å². The van der Waals surface area contributed by atoms with Crippen molar-refractivity contribution in [2.45, 2.75) is 46.1 Å². The van der Waals surface area contributed by atoms with E-state index in [0.29, 0.717) is 5.92 Å². The van der Waals surface area contributed by atoms with E-state index in [1.807, 2.05) is 0 Å². The molecule has 1 atom stereocenters. The van der Waals surface area contributed by atoms with Gasteiger partial charge < -0.3 is 10.6 Å². The molecule has 0 spiro atoms. The van der Waals surface area contributed by atoms with Gasteiger partial charge in [0.2, 0.25) is 0 Å². The second kappa shape index (κ2) is 8.15. The molecule has 0 aliphatic carbocycles. The smallest absolute Gasteiger partial charge is 0.0366 e. The molecule has 0 heterocycles. The standard InChI is InChI=1S/C16H28N2/c1-4-5-11-18(13-15(17)12-14(2)3)16-9-7-6-8-10-16/h6-10,14-15H,4-5,11-13,17H2,1-3H3. The summed E-state index contributed by atoms with van der Waals surface area (Å²) in [6, 6.07) is 10.9. The van der Waals surface area contributed by atoms with E-state index < -0.39 is 0 Å². The number of hydrogen-bond donors (Lipinski definition) is 1. The van der Waals surface area contributed by atoms with Gasteiger partial charge in [-0.3, -0.25) is 0 Å². The van der Waals surface area contributed by atoms with Gasteiger partial charge in [-0.05, 0) is 30.9 Å². The molecule has 1 aromatic rings. The summed E-state index contributed by atoms with van der Waals surface area (Å²) < 4.78 is 0. The van der Waals surface area contributed by atoms with Crippen LogP contribution in [0.2, 0.25) is 0 Å². The predicted molar refractivity (Wildman–Crippen MR) is 81.0 cm³/mol. The molecule has 2 heteroatoms. The molecule has 0 aliphatic rings. The lowest BCUT2D eigenvalue weighted by Crippen LogP contribution is -2.39. The number of hydrogen-bond acceptors (Lipinski definition) is 2. The summed E-state index contributed by atoms with van der Waals surface area (Å²) in [6.07, 6.45) is 3.54. The number of benzene rings is 1. The minimum Gasteiger partial charge on any atom is -0.370 e. The minimum atomic E-state index is 0.266. The van der Waals surface area contributed by atoms with E-state index >= 15 is 0 Å². The van der Waals surface area contributed by atoms with Crippen LogP contribution in [0, 0.1) is 5.92 Å². The first-order chi connectivity index (χ1) is 8.63. The Morgan fingerprint density at radius 1 is 1.17 bits per heavy atom. The Morgan fingerprint density at radius 2 is 1.83 bits per heavy atom. The molecule has 1 rings (SSSR count). The van der Waals surface area contributed by atoms with Gasteiger partial charge in [0.25, 0.3) is 0 Å². The Bertz CT molecular complexity index is 308. The van der Waals surface area contributed by atoms with Crippen molar-refractivity contribution >= 4 is 5.69 Å².